The fraction of sp³-hybridized carbons (Fsp3) is 0.273. The van der Waals surface area contributed by atoms with Crippen molar-refractivity contribution in [2.24, 2.45) is 5.92 Å². The van der Waals surface area contributed by atoms with E-state index in [1.165, 1.54) is 0 Å². The van der Waals surface area contributed by atoms with E-state index in [-0.39, 0.29) is 18.1 Å². The molecule has 1 unspecified atom stereocenters. The third kappa shape index (κ3) is 2.97. The van der Waals surface area contributed by atoms with E-state index in [4.69, 9.17) is 5.26 Å². The van der Waals surface area contributed by atoms with Crippen LogP contribution in [0.3, 0.4) is 0 Å². The van der Waals surface area contributed by atoms with E-state index >= 15 is 0 Å². The second kappa shape index (κ2) is 4.92. The molecule has 0 aromatic heterocycles. The number of rotatable bonds is 3. The molecule has 1 rings (SSSR count). The van der Waals surface area contributed by atoms with Gasteiger partial charge in [0.15, 0.2) is 5.78 Å². The highest BCUT2D eigenvalue weighted by Gasteiger charge is 2.10. The zero-order chi connectivity index (χ0) is 10.6. The predicted molar refractivity (Wildman–Crippen MR) is 57.9 cm³/mol. The number of Topliss-reactive ketones (excluding diaryl/α,β-unsaturated/α-hetero) is 1. The quantitative estimate of drug-likeness (QED) is 0.775. The van der Waals surface area contributed by atoms with Gasteiger partial charge in [-0.1, -0.05) is 28.1 Å². The molecule has 0 saturated heterocycles. The first-order valence-electron chi connectivity index (χ1n) is 4.32. The van der Waals surface area contributed by atoms with Crippen molar-refractivity contribution in [2.75, 3.05) is 0 Å². The van der Waals surface area contributed by atoms with Gasteiger partial charge in [0.25, 0.3) is 0 Å². The third-order valence-electron chi connectivity index (χ3n) is 1.86. The van der Waals surface area contributed by atoms with E-state index < -0.39 is 0 Å². The number of benzene rings is 1. The van der Waals surface area contributed by atoms with E-state index in [0.717, 1.165) is 4.47 Å². The van der Waals surface area contributed by atoms with Gasteiger partial charge in [-0.15, -0.1) is 0 Å². The minimum Gasteiger partial charge on any atom is -0.294 e. The molecule has 1 atom stereocenters. The van der Waals surface area contributed by atoms with E-state index in [1.54, 1.807) is 19.1 Å². The number of hydrogen-bond acceptors (Lipinski definition) is 2. The van der Waals surface area contributed by atoms with Crippen LogP contribution in [0.5, 0.6) is 0 Å². The van der Waals surface area contributed by atoms with Crippen LogP contribution in [0.1, 0.15) is 23.7 Å². The lowest BCUT2D eigenvalue weighted by atomic mass is 10.0. The van der Waals surface area contributed by atoms with Crippen LogP contribution >= 0.6 is 15.9 Å². The van der Waals surface area contributed by atoms with E-state index in [2.05, 4.69) is 15.9 Å². The Hall–Kier alpha value is -1.14. The van der Waals surface area contributed by atoms with Gasteiger partial charge in [-0.3, -0.25) is 4.79 Å². The number of nitriles is 1. The number of carbonyl (C=O) groups is 1. The van der Waals surface area contributed by atoms with Crippen LogP contribution in [0, 0.1) is 17.2 Å². The molecule has 0 saturated carbocycles. The average molecular weight is 252 g/mol. The van der Waals surface area contributed by atoms with Crippen LogP contribution in [0.15, 0.2) is 28.7 Å². The summed E-state index contributed by atoms with van der Waals surface area (Å²) in [5.74, 6) is -0.207. The summed E-state index contributed by atoms with van der Waals surface area (Å²) < 4.78 is 0.882. The molecule has 0 heterocycles. The van der Waals surface area contributed by atoms with Crippen molar-refractivity contribution < 1.29 is 4.79 Å². The van der Waals surface area contributed by atoms with Crippen molar-refractivity contribution in [3.8, 4) is 6.07 Å². The van der Waals surface area contributed by atoms with Gasteiger partial charge in [0, 0.05) is 16.5 Å². The van der Waals surface area contributed by atoms with Crippen molar-refractivity contribution in [3.63, 3.8) is 0 Å². The summed E-state index contributed by atoms with van der Waals surface area (Å²) >= 11 is 3.30. The monoisotopic (exact) mass is 251 g/mol. The minimum absolute atomic E-state index is 0.0142. The Morgan fingerprint density at radius 1 is 1.64 bits per heavy atom. The molecule has 0 N–H and O–H groups in total. The maximum absolute atomic E-state index is 11.6. The van der Waals surface area contributed by atoms with E-state index in [9.17, 15) is 4.79 Å². The van der Waals surface area contributed by atoms with Crippen molar-refractivity contribution >= 4 is 21.7 Å². The highest BCUT2D eigenvalue weighted by Crippen LogP contribution is 2.14. The number of hydrogen-bond donors (Lipinski definition) is 0. The molecule has 0 spiro atoms. The second-order valence-corrected chi connectivity index (χ2v) is 4.08. The van der Waals surface area contributed by atoms with Crippen LogP contribution in [0.4, 0.5) is 0 Å². The highest BCUT2D eigenvalue weighted by atomic mass is 79.9. The Bertz CT molecular complexity index is 381. The first-order valence-corrected chi connectivity index (χ1v) is 5.11. The molecule has 0 aliphatic rings. The molecule has 72 valence electrons. The summed E-state index contributed by atoms with van der Waals surface area (Å²) in [6.07, 6.45) is 0.285. The van der Waals surface area contributed by atoms with E-state index in [1.807, 2.05) is 18.2 Å². The summed E-state index contributed by atoms with van der Waals surface area (Å²) in [7, 11) is 0. The van der Waals surface area contributed by atoms with Crippen LogP contribution in [0.25, 0.3) is 0 Å². The zero-order valence-electron chi connectivity index (χ0n) is 7.83. The van der Waals surface area contributed by atoms with Gasteiger partial charge in [0.1, 0.15) is 0 Å². The number of nitrogens with zero attached hydrogens (tertiary/aromatic N) is 1. The molecule has 2 nitrogen and oxygen atoms in total. The molecule has 0 aliphatic heterocycles. The highest BCUT2D eigenvalue weighted by molar-refractivity contribution is 9.10. The molecule has 1 aromatic rings. The van der Waals surface area contributed by atoms with Crippen molar-refractivity contribution in [1.82, 2.24) is 0 Å². The largest absolute Gasteiger partial charge is 0.294 e. The summed E-state index contributed by atoms with van der Waals surface area (Å²) in [4.78, 5) is 11.6. The van der Waals surface area contributed by atoms with Gasteiger partial charge in [-0.2, -0.15) is 5.26 Å². The number of carbonyl (C=O) groups excluding carboxylic acids is 1. The summed E-state index contributed by atoms with van der Waals surface area (Å²) in [5, 5.41) is 8.57. The topological polar surface area (TPSA) is 40.9 Å². The number of halogens is 1. The molecule has 1 aromatic carbocycles. The lowest BCUT2D eigenvalue weighted by molar-refractivity contribution is 0.0972. The third-order valence-corrected chi connectivity index (χ3v) is 2.35. The number of ketones is 1. The fourth-order valence-electron chi connectivity index (χ4n) is 1.10. The van der Waals surface area contributed by atoms with Crippen molar-refractivity contribution in [3.05, 3.63) is 34.3 Å². The summed E-state index contributed by atoms with van der Waals surface area (Å²) in [6.45, 7) is 1.75. The summed E-state index contributed by atoms with van der Waals surface area (Å²) in [6, 6.07) is 9.26. The standard InChI is InChI=1S/C11H10BrNO/c1-8(7-13)5-11(14)9-3-2-4-10(12)6-9/h2-4,6,8H,5H2,1H3. The normalized spacial score (nSPS) is 11.8. The SMILES string of the molecule is CC(C#N)CC(=O)c1cccc(Br)c1. The molecule has 14 heavy (non-hydrogen) atoms. The van der Waals surface area contributed by atoms with Gasteiger partial charge in [0.05, 0.1) is 12.0 Å². The lowest BCUT2D eigenvalue weighted by Crippen LogP contribution is -2.04. The van der Waals surface area contributed by atoms with Crippen LogP contribution in [0.2, 0.25) is 0 Å². The average Bonchev–Trinajstić information content (AvgIpc) is 2.17. The van der Waals surface area contributed by atoms with Gasteiger partial charge >= 0.3 is 0 Å². The van der Waals surface area contributed by atoms with Gasteiger partial charge < -0.3 is 0 Å². The second-order valence-electron chi connectivity index (χ2n) is 3.17. The molecule has 0 radical (unpaired) electrons. The van der Waals surface area contributed by atoms with Crippen LogP contribution < -0.4 is 0 Å². The Morgan fingerprint density at radius 3 is 2.93 bits per heavy atom. The predicted octanol–water partition coefficient (Wildman–Crippen LogP) is 3.18. The maximum Gasteiger partial charge on any atom is 0.164 e. The first kappa shape index (κ1) is 10.9. The maximum atomic E-state index is 11.6. The van der Waals surface area contributed by atoms with E-state index in [0.29, 0.717) is 5.56 Å². The molecule has 3 heteroatoms. The molecular weight excluding hydrogens is 242 g/mol. The first-order chi connectivity index (χ1) is 6.63. The lowest BCUT2D eigenvalue weighted by Gasteiger charge is -2.02. The van der Waals surface area contributed by atoms with Crippen molar-refractivity contribution in [2.45, 2.75) is 13.3 Å². The Balaban J connectivity index is 2.76. The van der Waals surface area contributed by atoms with Gasteiger partial charge in [0.2, 0.25) is 0 Å². The van der Waals surface area contributed by atoms with Crippen LogP contribution in [-0.4, -0.2) is 5.78 Å². The van der Waals surface area contributed by atoms with Crippen molar-refractivity contribution in [1.29, 1.82) is 5.26 Å². The molecule has 0 aliphatic carbocycles. The molecule has 0 fully saturated rings. The minimum atomic E-state index is -0.221. The molecule has 0 amide bonds. The molecular formula is C11H10BrNO. The van der Waals surface area contributed by atoms with Gasteiger partial charge in [-0.25, -0.2) is 0 Å². The zero-order valence-corrected chi connectivity index (χ0v) is 9.41. The Labute approximate surface area is 91.7 Å². The van der Waals surface area contributed by atoms with Gasteiger partial charge in [-0.05, 0) is 19.1 Å². The Morgan fingerprint density at radius 2 is 2.36 bits per heavy atom. The Kier molecular flexibility index (Phi) is 3.84. The summed E-state index contributed by atoms with van der Waals surface area (Å²) in [5.41, 5.74) is 0.654. The smallest absolute Gasteiger partial charge is 0.164 e. The molecule has 0 bridgehead atoms. The fourth-order valence-corrected chi connectivity index (χ4v) is 1.50. The van der Waals surface area contributed by atoms with Crippen LogP contribution in [-0.2, 0) is 0 Å².